The standard InChI is InChI=1S/C78H148O17P2/c1-6-9-12-15-18-21-24-27-28-33-37-42-47-52-57-62-76(81)89-68-74(95-78(83)64-59-54-49-44-39-34-29-32-35-40-45-50-55-60-71(4)5)70-93-97(86,87)91-66-72(79)65-90-96(84,85)92-69-73(94-77(82)63-58-53-48-43-38-31-26-23-20-17-14-11-8-3)67-88-75(80)61-56-51-46-41-36-30-25-22-19-16-13-10-7-2/h21,24,27-28,71-74,79H,6-20,22-23,25-26,29-70H2,1-5H3,(H,84,85)(H,86,87)/b24-21-,28-27-/t72-,73+,74+/m0/s1. The number of phosphoric ester groups is 2. The summed E-state index contributed by atoms with van der Waals surface area (Å²) >= 11 is 0. The first kappa shape index (κ1) is 94.5. The van der Waals surface area contributed by atoms with E-state index in [0.29, 0.717) is 25.7 Å². The van der Waals surface area contributed by atoms with E-state index in [0.717, 1.165) is 115 Å². The van der Waals surface area contributed by atoms with Crippen molar-refractivity contribution in [3.8, 4) is 0 Å². The van der Waals surface area contributed by atoms with Crippen molar-refractivity contribution in [3.05, 3.63) is 24.3 Å². The van der Waals surface area contributed by atoms with E-state index in [2.05, 4.69) is 58.9 Å². The maximum atomic E-state index is 13.1. The lowest BCUT2D eigenvalue weighted by molar-refractivity contribution is -0.161. The molecule has 572 valence electrons. The van der Waals surface area contributed by atoms with Crippen LogP contribution in [-0.4, -0.2) is 96.7 Å². The summed E-state index contributed by atoms with van der Waals surface area (Å²) in [4.78, 5) is 72.9. The molecule has 0 fully saturated rings. The summed E-state index contributed by atoms with van der Waals surface area (Å²) in [6.07, 6.45) is 63.0. The minimum absolute atomic E-state index is 0.101. The average Bonchev–Trinajstić information content (AvgIpc) is 1.77. The second-order valence-electron chi connectivity index (χ2n) is 27.9. The van der Waals surface area contributed by atoms with Crippen LogP contribution in [0.4, 0.5) is 0 Å². The molecule has 0 rings (SSSR count). The number of aliphatic hydroxyl groups excluding tert-OH is 1. The van der Waals surface area contributed by atoms with Gasteiger partial charge >= 0.3 is 39.5 Å². The highest BCUT2D eigenvalue weighted by Crippen LogP contribution is 2.45. The van der Waals surface area contributed by atoms with Gasteiger partial charge < -0.3 is 33.8 Å². The van der Waals surface area contributed by atoms with E-state index in [1.165, 1.54) is 193 Å². The molecule has 97 heavy (non-hydrogen) atoms. The molecule has 2 unspecified atom stereocenters. The van der Waals surface area contributed by atoms with E-state index in [4.69, 9.17) is 37.0 Å². The minimum atomic E-state index is -4.97. The molecular formula is C78H148O17P2. The molecule has 0 aliphatic heterocycles. The van der Waals surface area contributed by atoms with Gasteiger partial charge in [-0.05, 0) is 57.3 Å². The Morgan fingerprint density at radius 1 is 0.320 bits per heavy atom. The first-order valence-electron chi connectivity index (χ1n) is 40.0. The van der Waals surface area contributed by atoms with E-state index in [9.17, 15) is 43.2 Å². The van der Waals surface area contributed by atoms with Crippen LogP contribution >= 0.6 is 15.6 Å². The van der Waals surface area contributed by atoms with Crippen LogP contribution in [0.1, 0.15) is 388 Å². The van der Waals surface area contributed by atoms with Gasteiger partial charge in [-0.2, -0.15) is 0 Å². The largest absolute Gasteiger partial charge is 0.472 e. The molecular weight excluding hydrogens is 1270 g/mol. The number of hydrogen-bond acceptors (Lipinski definition) is 15. The summed E-state index contributed by atoms with van der Waals surface area (Å²) in [6, 6.07) is 0. The maximum Gasteiger partial charge on any atom is 0.472 e. The van der Waals surface area contributed by atoms with Crippen molar-refractivity contribution < 1.29 is 80.2 Å². The molecule has 0 amide bonds. The zero-order valence-electron chi connectivity index (χ0n) is 62.7. The van der Waals surface area contributed by atoms with Gasteiger partial charge in [0.05, 0.1) is 26.4 Å². The second kappa shape index (κ2) is 70.6. The number of aliphatic hydroxyl groups is 1. The quantitative estimate of drug-likeness (QED) is 0.0169. The zero-order chi connectivity index (χ0) is 71.2. The SMILES string of the molecule is CCCCCC/C=C\C=C/CCCCCCCC(=O)OC[C@H](COP(=O)(O)OC[C@@H](O)COP(=O)(O)OC[C@@H](COC(=O)CCCCCCCCCCCCCCC)OC(=O)CCCCCCCCCCCCCCC)OC(=O)CCCCCCCCCCCCCCCC(C)C. The molecule has 0 spiro atoms. The summed E-state index contributed by atoms with van der Waals surface area (Å²) < 4.78 is 68.6. The van der Waals surface area contributed by atoms with Gasteiger partial charge in [-0.3, -0.25) is 37.3 Å². The molecule has 0 radical (unpaired) electrons. The molecule has 0 aromatic heterocycles. The number of unbranched alkanes of at least 4 members (excludes halogenated alkanes) is 45. The van der Waals surface area contributed by atoms with Crippen molar-refractivity contribution >= 4 is 39.5 Å². The molecule has 0 aliphatic rings. The Kier molecular flexibility index (Phi) is 68.8. The Labute approximate surface area is 592 Å². The van der Waals surface area contributed by atoms with E-state index < -0.39 is 97.5 Å². The fourth-order valence-corrected chi connectivity index (χ4v) is 13.1. The Morgan fingerprint density at radius 3 is 0.845 bits per heavy atom. The molecule has 3 N–H and O–H groups in total. The first-order chi connectivity index (χ1) is 47.0. The van der Waals surface area contributed by atoms with Gasteiger partial charge in [0.15, 0.2) is 12.2 Å². The zero-order valence-corrected chi connectivity index (χ0v) is 64.5. The van der Waals surface area contributed by atoms with Crippen LogP contribution in [0, 0.1) is 5.92 Å². The van der Waals surface area contributed by atoms with Crippen LogP contribution in [-0.2, 0) is 65.4 Å². The number of ether oxygens (including phenoxy) is 4. The monoisotopic (exact) mass is 1420 g/mol. The molecule has 17 nitrogen and oxygen atoms in total. The summed E-state index contributed by atoms with van der Waals surface area (Å²) in [5, 5.41) is 10.6. The highest BCUT2D eigenvalue weighted by molar-refractivity contribution is 7.47. The van der Waals surface area contributed by atoms with Crippen LogP contribution < -0.4 is 0 Å². The Hall–Kier alpha value is -2.46. The maximum absolute atomic E-state index is 13.1. The Balaban J connectivity index is 5.30. The Morgan fingerprint density at radius 2 is 0.557 bits per heavy atom. The van der Waals surface area contributed by atoms with E-state index in [1.54, 1.807) is 0 Å². The molecule has 0 aliphatic carbocycles. The third-order valence-corrected chi connectivity index (χ3v) is 19.6. The van der Waals surface area contributed by atoms with Gasteiger partial charge in [0.1, 0.15) is 19.3 Å². The number of phosphoric acid groups is 2. The molecule has 0 aromatic rings. The summed E-state index contributed by atoms with van der Waals surface area (Å²) in [7, 11) is -9.93. The van der Waals surface area contributed by atoms with Crippen molar-refractivity contribution in [2.75, 3.05) is 39.6 Å². The molecule has 19 heteroatoms. The van der Waals surface area contributed by atoms with Gasteiger partial charge in [-0.1, -0.05) is 335 Å². The fraction of sp³-hybridized carbons (Fsp3) is 0.897. The van der Waals surface area contributed by atoms with Crippen molar-refractivity contribution in [2.45, 2.75) is 406 Å². The number of esters is 4. The smallest absolute Gasteiger partial charge is 0.462 e. The van der Waals surface area contributed by atoms with Crippen LogP contribution in [0.3, 0.4) is 0 Å². The highest BCUT2D eigenvalue weighted by atomic mass is 31.2. The number of carbonyl (C=O) groups is 4. The van der Waals surface area contributed by atoms with Gasteiger partial charge in [0.25, 0.3) is 0 Å². The van der Waals surface area contributed by atoms with Crippen LogP contribution in [0.15, 0.2) is 24.3 Å². The lowest BCUT2D eigenvalue weighted by Crippen LogP contribution is -2.30. The van der Waals surface area contributed by atoms with E-state index in [1.807, 2.05) is 0 Å². The van der Waals surface area contributed by atoms with Gasteiger partial charge in [0.2, 0.25) is 0 Å². The number of carbonyl (C=O) groups excluding carboxylic acids is 4. The molecule has 0 aromatic carbocycles. The second-order valence-corrected chi connectivity index (χ2v) is 30.8. The van der Waals surface area contributed by atoms with Crippen molar-refractivity contribution in [1.82, 2.24) is 0 Å². The van der Waals surface area contributed by atoms with Crippen LogP contribution in [0.2, 0.25) is 0 Å². The molecule has 0 heterocycles. The van der Waals surface area contributed by atoms with Crippen molar-refractivity contribution in [2.24, 2.45) is 5.92 Å². The summed E-state index contributed by atoms with van der Waals surface area (Å²) in [5.74, 6) is -1.35. The lowest BCUT2D eigenvalue weighted by Gasteiger charge is -2.21. The third kappa shape index (κ3) is 71.7. The lowest BCUT2D eigenvalue weighted by atomic mass is 10.0. The van der Waals surface area contributed by atoms with E-state index >= 15 is 0 Å². The van der Waals surface area contributed by atoms with Gasteiger partial charge in [-0.25, -0.2) is 9.13 Å². The number of rotatable bonds is 76. The normalized spacial score (nSPS) is 14.1. The number of allylic oxidation sites excluding steroid dienone is 4. The summed E-state index contributed by atoms with van der Waals surface area (Å²) in [5.41, 5.74) is 0. The van der Waals surface area contributed by atoms with Gasteiger partial charge in [-0.15, -0.1) is 0 Å². The molecule has 5 atom stereocenters. The van der Waals surface area contributed by atoms with Crippen molar-refractivity contribution in [1.29, 1.82) is 0 Å². The minimum Gasteiger partial charge on any atom is -0.462 e. The fourth-order valence-electron chi connectivity index (χ4n) is 11.5. The van der Waals surface area contributed by atoms with Crippen LogP contribution in [0.25, 0.3) is 0 Å². The first-order valence-corrected chi connectivity index (χ1v) is 42.9. The molecule has 0 saturated carbocycles. The van der Waals surface area contributed by atoms with E-state index in [-0.39, 0.29) is 25.7 Å². The van der Waals surface area contributed by atoms with Gasteiger partial charge in [0, 0.05) is 25.7 Å². The topological polar surface area (TPSA) is 237 Å². The predicted molar refractivity (Wildman–Crippen MR) is 395 cm³/mol. The molecule has 0 bridgehead atoms. The predicted octanol–water partition coefficient (Wildman–Crippen LogP) is 22.8. The molecule has 0 saturated heterocycles. The van der Waals surface area contributed by atoms with Crippen LogP contribution in [0.5, 0.6) is 0 Å². The third-order valence-electron chi connectivity index (χ3n) is 17.7. The Bertz CT molecular complexity index is 1950. The van der Waals surface area contributed by atoms with Crippen molar-refractivity contribution in [3.63, 3.8) is 0 Å². The number of hydrogen-bond donors (Lipinski definition) is 3. The summed E-state index contributed by atoms with van der Waals surface area (Å²) in [6.45, 7) is 7.26. The average molecular weight is 1420 g/mol. The highest BCUT2D eigenvalue weighted by Gasteiger charge is 2.30.